The molecule has 0 spiro atoms. The summed E-state index contributed by atoms with van der Waals surface area (Å²) in [7, 11) is 0. The fourth-order valence-corrected chi connectivity index (χ4v) is 5.04. The number of halogens is 2. The Morgan fingerprint density at radius 3 is 2.17 bits per heavy atom. The van der Waals surface area contributed by atoms with Crippen LogP contribution in [0.15, 0.2) is 112 Å². The second kappa shape index (κ2) is 26.3. The predicted molar refractivity (Wildman–Crippen MR) is 202 cm³/mol. The zero-order valence-corrected chi connectivity index (χ0v) is 30.7. The van der Waals surface area contributed by atoms with Gasteiger partial charge in [-0.25, -0.2) is 0 Å². The van der Waals surface area contributed by atoms with Crippen LogP contribution in [0.4, 0.5) is 0 Å². The van der Waals surface area contributed by atoms with E-state index in [2.05, 4.69) is 115 Å². The molecule has 1 fully saturated rings. The van der Waals surface area contributed by atoms with E-state index >= 15 is 0 Å². The van der Waals surface area contributed by atoms with Crippen molar-refractivity contribution in [2.75, 3.05) is 52.4 Å². The summed E-state index contributed by atoms with van der Waals surface area (Å²) in [6.07, 6.45) is 23.7. The lowest BCUT2D eigenvalue weighted by Gasteiger charge is -2.35. The quantitative estimate of drug-likeness (QED) is 0.158. The molecule has 46 heavy (non-hydrogen) atoms. The van der Waals surface area contributed by atoms with Crippen LogP contribution in [-0.4, -0.2) is 73.5 Å². The first kappa shape index (κ1) is 41.2. The Balaban J connectivity index is 0.000000524. The maximum Gasteiger partial charge on any atom is 0.207 e. The summed E-state index contributed by atoms with van der Waals surface area (Å²) >= 11 is 11.6. The van der Waals surface area contributed by atoms with Crippen LogP contribution in [-0.2, 0) is 11.2 Å². The van der Waals surface area contributed by atoms with Gasteiger partial charge in [0.25, 0.3) is 0 Å². The first-order chi connectivity index (χ1) is 22.3. The lowest BCUT2D eigenvalue weighted by Crippen LogP contribution is -2.47. The third-order valence-electron chi connectivity index (χ3n) is 7.30. The minimum Gasteiger partial charge on any atom is -0.355 e. The average Bonchev–Trinajstić information content (AvgIpc) is 3.30. The van der Waals surface area contributed by atoms with Gasteiger partial charge in [-0.2, -0.15) is 0 Å². The van der Waals surface area contributed by atoms with Gasteiger partial charge >= 0.3 is 0 Å². The van der Waals surface area contributed by atoms with Crippen molar-refractivity contribution in [3.63, 3.8) is 0 Å². The molecule has 1 aliphatic carbocycles. The Morgan fingerprint density at radius 1 is 0.935 bits per heavy atom. The van der Waals surface area contributed by atoms with E-state index in [1.807, 2.05) is 19.9 Å². The fraction of sp³-hybridized carbons (Fsp3) is 0.462. The van der Waals surface area contributed by atoms with Gasteiger partial charge < -0.3 is 20.0 Å². The molecule has 1 saturated heterocycles. The van der Waals surface area contributed by atoms with Crippen molar-refractivity contribution in [3.05, 3.63) is 118 Å². The lowest BCUT2D eigenvalue weighted by molar-refractivity contribution is -0.109. The van der Waals surface area contributed by atoms with Gasteiger partial charge in [0.15, 0.2) is 0 Å². The van der Waals surface area contributed by atoms with Crippen molar-refractivity contribution in [2.24, 2.45) is 0 Å². The van der Waals surface area contributed by atoms with Gasteiger partial charge in [-0.3, -0.25) is 4.79 Å². The highest BCUT2D eigenvalue weighted by atomic mass is 35.5. The smallest absolute Gasteiger partial charge is 0.207 e. The Labute approximate surface area is 290 Å². The number of allylic oxidation sites excluding steroid dienone is 11. The van der Waals surface area contributed by atoms with Gasteiger partial charge in [-0.05, 0) is 71.0 Å². The number of hydrogen-bond acceptors (Lipinski definition) is 4. The minimum atomic E-state index is 0.486. The number of benzene rings is 1. The number of hydrogen-bond donors (Lipinski definition) is 1. The van der Waals surface area contributed by atoms with E-state index in [9.17, 15) is 4.79 Å². The minimum absolute atomic E-state index is 0.486. The van der Waals surface area contributed by atoms with E-state index in [-0.39, 0.29) is 0 Å². The highest BCUT2D eigenvalue weighted by molar-refractivity contribution is 6.43. The van der Waals surface area contributed by atoms with Crippen LogP contribution in [0.5, 0.6) is 0 Å². The summed E-state index contributed by atoms with van der Waals surface area (Å²) in [4.78, 5) is 17.7. The molecule has 0 bridgehead atoms. The van der Waals surface area contributed by atoms with Crippen LogP contribution < -0.4 is 5.32 Å². The van der Waals surface area contributed by atoms with Crippen molar-refractivity contribution >= 4 is 29.6 Å². The van der Waals surface area contributed by atoms with Crippen molar-refractivity contribution in [2.45, 2.75) is 67.2 Å². The molecule has 3 rings (SSSR count). The van der Waals surface area contributed by atoms with Crippen LogP contribution in [0.25, 0.3) is 0 Å². The summed E-state index contributed by atoms with van der Waals surface area (Å²) in [5.41, 5.74) is 5.27. The van der Waals surface area contributed by atoms with Gasteiger partial charge in [0.1, 0.15) is 0 Å². The molecule has 1 amide bonds. The van der Waals surface area contributed by atoms with Gasteiger partial charge in [0.05, 0.1) is 10.1 Å². The Kier molecular flexibility index (Phi) is 23.5. The molecule has 5 nitrogen and oxygen atoms in total. The topological polar surface area (TPSA) is 38.8 Å². The summed E-state index contributed by atoms with van der Waals surface area (Å²) in [6, 6.07) is 10.9. The molecule has 2 aliphatic rings. The summed E-state index contributed by atoms with van der Waals surface area (Å²) in [5, 5.41) is 3.54. The maximum absolute atomic E-state index is 9.99. The normalized spacial score (nSPS) is 16.4. The predicted octanol–water partition coefficient (Wildman–Crippen LogP) is 9.22. The molecule has 1 aromatic rings. The molecule has 0 radical (unpaired) electrons. The number of rotatable bonds is 14. The van der Waals surface area contributed by atoms with Gasteiger partial charge in [-0.1, -0.05) is 121 Å². The molecule has 1 N–H and O–H groups in total. The summed E-state index contributed by atoms with van der Waals surface area (Å²) < 4.78 is 0. The molecule has 1 aromatic carbocycles. The summed E-state index contributed by atoms with van der Waals surface area (Å²) in [5.74, 6) is 0. The number of carbonyl (C=O) groups excluding carboxylic acids is 1. The second-order valence-corrected chi connectivity index (χ2v) is 12.4. The molecule has 7 heteroatoms. The standard InChI is InChI=1S/C26H37N3.C10H13Cl2NO.C3H8/c1-3-15-29(26-13-8-7-10-24(2)23-26)17-9-16-27-19-21-28(22-20-27)18-14-25-11-5-4-6-12-25;1-3-9(11)10(12)5-4-8(2)6-13-7-14;1-3-2/h3-8,10-13,15H,9,14,16-23H2,1-2H3;3-5,7H,6H2,1-2H3,(H,13,14);3H2,1-2H3/b15-3+;8-4+,9-3+,10-5+;. The molecular formula is C39H58Cl2N4O. The average molecular weight is 670 g/mol. The van der Waals surface area contributed by atoms with E-state index in [0.29, 0.717) is 23.0 Å². The summed E-state index contributed by atoms with van der Waals surface area (Å²) in [6.45, 7) is 21.0. The molecule has 0 unspecified atom stereocenters. The number of carbonyl (C=O) groups is 1. The highest BCUT2D eigenvalue weighted by Gasteiger charge is 2.17. The Morgan fingerprint density at radius 2 is 1.57 bits per heavy atom. The van der Waals surface area contributed by atoms with Gasteiger partial charge in [-0.15, -0.1) is 0 Å². The number of piperazine rings is 1. The third kappa shape index (κ3) is 19.0. The van der Waals surface area contributed by atoms with Crippen LogP contribution in [0.3, 0.4) is 0 Å². The zero-order valence-electron chi connectivity index (χ0n) is 29.2. The second-order valence-electron chi connectivity index (χ2n) is 11.6. The molecule has 0 atom stereocenters. The SMILES string of the molecule is C/C=C/N(CCCN1CCN(CCc2ccccc2)CC1)C1=CC=CC=C(C)C1.CCC.C\C=C(Cl)/C(Cl)=C\C=C(/C)CNC=O. The number of amides is 1. The lowest BCUT2D eigenvalue weighted by atomic mass is 10.1. The van der Waals surface area contributed by atoms with Crippen LogP contribution in [0, 0.1) is 0 Å². The van der Waals surface area contributed by atoms with E-state index in [0.717, 1.165) is 25.0 Å². The number of nitrogens with zero attached hydrogens (tertiary/aromatic N) is 3. The van der Waals surface area contributed by atoms with E-state index in [1.165, 1.54) is 68.9 Å². The first-order valence-electron chi connectivity index (χ1n) is 16.7. The van der Waals surface area contributed by atoms with Crippen molar-refractivity contribution in [1.82, 2.24) is 20.0 Å². The molecule has 0 aromatic heterocycles. The van der Waals surface area contributed by atoms with E-state index in [1.54, 1.807) is 12.2 Å². The first-order valence-corrected chi connectivity index (χ1v) is 17.5. The monoisotopic (exact) mass is 668 g/mol. The Hall–Kier alpha value is -2.83. The molecule has 254 valence electrons. The Bertz CT molecular complexity index is 1190. The van der Waals surface area contributed by atoms with E-state index < -0.39 is 0 Å². The molecular weight excluding hydrogens is 611 g/mol. The van der Waals surface area contributed by atoms with Gasteiger partial charge in [0.2, 0.25) is 6.41 Å². The molecule has 0 saturated carbocycles. The van der Waals surface area contributed by atoms with E-state index in [4.69, 9.17) is 23.2 Å². The zero-order chi connectivity index (χ0) is 34.0. The number of nitrogens with one attached hydrogen (secondary N) is 1. The highest BCUT2D eigenvalue weighted by Crippen LogP contribution is 2.20. The van der Waals surface area contributed by atoms with Gasteiger partial charge in [0, 0.05) is 57.9 Å². The maximum atomic E-state index is 9.99. The van der Waals surface area contributed by atoms with Crippen molar-refractivity contribution in [1.29, 1.82) is 0 Å². The van der Waals surface area contributed by atoms with Crippen molar-refractivity contribution in [3.8, 4) is 0 Å². The van der Waals surface area contributed by atoms with Crippen LogP contribution in [0.2, 0.25) is 0 Å². The van der Waals surface area contributed by atoms with Crippen LogP contribution in [0.1, 0.15) is 66.4 Å². The van der Waals surface area contributed by atoms with Crippen LogP contribution >= 0.6 is 23.2 Å². The fourth-order valence-electron chi connectivity index (χ4n) is 4.81. The van der Waals surface area contributed by atoms with Crippen molar-refractivity contribution < 1.29 is 4.79 Å². The third-order valence-corrected chi connectivity index (χ3v) is 8.14. The molecule has 1 aliphatic heterocycles. The molecule has 1 heterocycles. The largest absolute Gasteiger partial charge is 0.355 e.